The molecule has 0 radical (unpaired) electrons. The standard InChI is InChI=1S/C20H20F3NO/c1-3-14-11-8-12-15(4-2)19(14)24-18(25)13-17(20(21,22)23)16-9-6-5-7-10-16/h5-13H,3-4H2,1-2H3,(H,24,25)/b17-13-. The molecule has 0 aromatic heterocycles. The van der Waals surface area contributed by atoms with E-state index in [1.807, 2.05) is 32.0 Å². The maximum Gasteiger partial charge on any atom is 0.417 e. The minimum Gasteiger partial charge on any atom is -0.322 e. The number of hydrogen-bond acceptors (Lipinski definition) is 1. The summed E-state index contributed by atoms with van der Waals surface area (Å²) < 4.78 is 40.0. The van der Waals surface area contributed by atoms with Crippen LogP contribution in [-0.4, -0.2) is 12.1 Å². The summed E-state index contributed by atoms with van der Waals surface area (Å²) in [6.45, 7) is 3.87. The van der Waals surface area contributed by atoms with Gasteiger partial charge < -0.3 is 5.32 Å². The Bertz CT molecular complexity index is 742. The van der Waals surface area contributed by atoms with E-state index in [-0.39, 0.29) is 5.56 Å². The number of para-hydroxylation sites is 1. The molecule has 0 saturated carbocycles. The molecule has 2 aromatic carbocycles. The summed E-state index contributed by atoms with van der Waals surface area (Å²) in [7, 11) is 0. The van der Waals surface area contributed by atoms with Gasteiger partial charge in [0.25, 0.3) is 0 Å². The lowest BCUT2D eigenvalue weighted by Crippen LogP contribution is -2.17. The van der Waals surface area contributed by atoms with Crippen molar-refractivity contribution >= 4 is 17.2 Å². The van der Waals surface area contributed by atoms with Crippen LogP contribution in [0.2, 0.25) is 0 Å². The average molecular weight is 347 g/mol. The summed E-state index contributed by atoms with van der Waals surface area (Å²) in [5.41, 5.74) is 1.40. The molecule has 5 heteroatoms. The van der Waals surface area contributed by atoms with Crippen LogP contribution in [0.25, 0.3) is 5.57 Å². The zero-order valence-electron chi connectivity index (χ0n) is 14.2. The molecule has 0 heterocycles. The van der Waals surface area contributed by atoms with Crippen molar-refractivity contribution in [3.8, 4) is 0 Å². The molecule has 25 heavy (non-hydrogen) atoms. The van der Waals surface area contributed by atoms with E-state index in [0.717, 1.165) is 11.1 Å². The van der Waals surface area contributed by atoms with Crippen molar-refractivity contribution in [2.24, 2.45) is 0 Å². The van der Waals surface area contributed by atoms with Gasteiger partial charge in [-0.15, -0.1) is 0 Å². The van der Waals surface area contributed by atoms with Crippen molar-refractivity contribution in [3.63, 3.8) is 0 Å². The van der Waals surface area contributed by atoms with E-state index in [0.29, 0.717) is 24.6 Å². The fraction of sp³-hybridized carbons (Fsp3) is 0.250. The van der Waals surface area contributed by atoms with E-state index in [9.17, 15) is 18.0 Å². The van der Waals surface area contributed by atoms with Crippen LogP contribution in [-0.2, 0) is 17.6 Å². The van der Waals surface area contributed by atoms with Crippen molar-refractivity contribution < 1.29 is 18.0 Å². The van der Waals surface area contributed by atoms with Crippen LogP contribution in [0.4, 0.5) is 18.9 Å². The van der Waals surface area contributed by atoms with Crippen molar-refractivity contribution in [1.29, 1.82) is 0 Å². The largest absolute Gasteiger partial charge is 0.417 e. The Morgan fingerprint density at radius 1 is 0.960 bits per heavy atom. The van der Waals surface area contributed by atoms with E-state index >= 15 is 0 Å². The lowest BCUT2D eigenvalue weighted by Gasteiger charge is -2.15. The molecule has 2 aromatic rings. The first-order chi connectivity index (χ1) is 11.9. The van der Waals surface area contributed by atoms with Crippen LogP contribution < -0.4 is 5.32 Å². The molecule has 0 fully saturated rings. The summed E-state index contributed by atoms with van der Waals surface area (Å²) in [5, 5.41) is 2.64. The van der Waals surface area contributed by atoms with Gasteiger partial charge in [0.15, 0.2) is 0 Å². The SMILES string of the molecule is CCc1cccc(CC)c1NC(=O)/C=C(/c1ccccc1)C(F)(F)F. The maximum absolute atomic E-state index is 13.3. The summed E-state index contributed by atoms with van der Waals surface area (Å²) in [6, 6.07) is 12.9. The average Bonchev–Trinajstić information content (AvgIpc) is 2.59. The number of anilines is 1. The van der Waals surface area contributed by atoms with Gasteiger partial charge in [-0.2, -0.15) is 13.2 Å². The van der Waals surface area contributed by atoms with Crippen LogP contribution in [0.3, 0.4) is 0 Å². The number of aryl methyl sites for hydroxylation is 2. The van der Waals surface area contributed by atoms with Crippen LogP contribution in [0.5, 0.6) is 0 Å². The molecule has 0 bridgehead atoms. The number of halogens is 3. The molecule has 1 N–H and O–H groups in total. The van der Waals surface area contributed by atoms with E-state index in [1.54, 1.807) is 6.07 Å². The Morgan fingerprint density at radius 3 is 2.00 bits per heavy atom. The van der Waals surface area contributed by atoms with Crippen molar-refractivity contribution in [3.05, 3.63) is 71.3 Å². The van der Waals surface area contributed by atoms with Crippen molar-refractivity contribution in [2.45, 2.75) is 32.9 Å². The molecular weight excluding hydrogens is 327 g/mol. The number of rotatable bonds is 5. The molecule has 0 spiro atoms. The Kier molecular flexibility index (Phi) is 6.02. The second kappa shape index (κ2) is 8.01. The number of carbonyl (C=O) groups is 1. The smallest absolute Gasteiger partial charge is 0.322 e. The molecular formula is C20H20F3NO. The van der Waals surface area contributed by atoms with Crippen molar-refractivity contribution in [2.75, 3.05) is 5.32 Å². The fourth-order valence-electron chi connectivity index (χ4n) is 2.64. The van der Waals surface area contributed by atoms with E-state index in [1.165, 1.54) is 24.3 Å². The van der Waals surface area contributed by atoms with Gasteiger partial charge >= 0.3 is 6.18 Å². The topological polar surface area (TPSA) is 29.1 Å². The number of alkyl halides is 3. The first-order valence-corrected chi connectivity index (χ1v) is 8.12. The summed E-state index contributed by atoms with van der Waals surface area (Å²) in [4.78, 5) is 12.3. The third kappa shape index (κ3) is 4.72. The van der Waals surface area contributed by atoms with Gasteiger partial charge in [-0.1, -0.05) is 62.4 Å². The number of hydrogen-bond donors (Lipinski definition) is 1. The Balaban J connectivity index is 2.38. The van der Waals surface area contributed by atoms with E-state index in [2.05, 4.69) is 5.32 Å². The quantitative estimate of drug-likeness (QED) is 0.721. The van der Waals surface area contributed by atoms with Gasteiger partial charge in [0, 0.05) is 11.8 Å². The molecule has 0 aliphatic carbocycles. The zero-order chi connectivity index (χ0) is 18.4. The maximum atomic E-state index is 13.3. The Hall–Kier alpha value is -2.56. The monoisotopic (exact) mass is 347 g/mol. The normalized spacial score (nSPS) is 12.1. The highest BCUT2D eigenvalue weighted by atomic mass is 19.4. The first-order valence-electron chi connectivity index (χ1n) is 8.12. The van der Waals surface area contributed by atoms with Crippen LogP contribution in [0, 0.1) is 0 Å². The molecule has 0 saturated heterocycles. The van der Waals surface area contributed by atoms with Gasteiger partial charge in [0.1, 0.15) is 0 Å². The molecule has 1 amide bonds. The highest BCUT2D eigenvalue weighted by Gasteiger charge is 2.35. The van der Waals surface area contributed by atoms with Crippen LogP contribution >= 0.6 is 0 Å². The molecule has 2 rings (SSSR count). The summed E-state index contributed by atoms with van der Waals surface area (Å²) >= 11 is 0. The second-order valence-corrected chi connectivity index (χ2v) is 5.57. The van der Waals surface area contributed by atoms with Crippen LogP contribution in [0.1, 0.15) is 30.5 Å². The minimum absolute atomic E-state index is 0.0374. The summed E-state index contributed by atoms with van der Waals surface area (Å²) in [5.74, 6) is -0.785. The fourth-order valence-corrected chi connectivity index (χ4v) is 2.64. The zero-order valence-corrected chi connectivity index (χ0v) is 14.2. The van der Waals surface area contributed by atoms with E-state index in [4.69, 9.17) is 0 Å². The third-order valence-corrected chi connectivity index (χ3v) is 3.91. The predicted molar refractivity (Wildman–Crippen MR) is 94.3 cm³/mol. The third-order valence-electron chi connectivity index (χ3n) is 3.91. The molecule has 0 aliphatic heterocycles. The van der Waals surface area contributed by atoms with Gasteiger partial charge in [-0.25, -0.2) is 0 Å². The number of carbonyl (C=O) groups excluding carboxylic acids is 1. The Morgan fingerprint density at radius 2 is 1.52 bits per heavy atom. The molecule has 2 nitrogen and oxygen atoms in total. The molecule has 0 aliphatic rings. The Labute approximate surface area is 145 Å². The molecule has 0 unspecified atom stereocenters. The lowest BCUT2D eigenvalue weighted by molar-refractivity contribution is -0.112. The number of nitrogens with one attached hydrogen (secondary N) is 1. The van der Waals surface area contributed by atoms with Crippen LogP contribution in [0.15, 0.2) is 54.6 Å². The van der Waals surface area contributed by atoms with Gasteiger partial charge in [-0.3, -0.25) is 4.79 Å². The molecule has 132 valence electrons. The second-order valence-electron chi connectivity index (χ2n) is 5.57. The first kappa shape index (κ1) is 18.8. The highest BCUT2D eigenvalue weighted by Crippen LogP contribution is 2.34. The van der Waals surface area contributed by atoms with Gasteiger partial charge in [0.2, 0.25) is 5.91 Å². The number of benzene rings is 2. The van der Waals surface area contributed by atoms with Gasteiger partial charge in [0.05, 0.1) is 5.57 Å². The number of amides is 1. The van der Waals surface area contributed by atoms with Crippen molar-refractivity contribution in [1.82, 2.24) is 0 Å². The summed E-state index contributed by atoms with van der Waals surface area (Å²) in [6.07, 6.45) is -2.63. The minimum atomic E-state index is -4.61. The highest BCUT2D eigenvalue weighted by molar-refractivity contribution is 6.05. The number of allylic oxidation sites excluding steroid dienone is 1. The lowest BCUT2D eigenvalue weighted by atomic mass is 10.0. The van der Waals surface area contributed by atoms with Gasteiger partial charge in [-0.05, 0) is 29.5 Å². The predicted octanol–water partition coefficient (Wildman–Crippen LogP) is 5.40. The van der Waals surface area contributed by atoms with E-state index < -0.39 is 17.7 Å². The molecule has 0 atom stereocenters.